The minimum atomic E-state index is -0.0222. The summed E-state index contributed by atoms with van der Waals surface area (Å²) in [4.78, 5) is 7.17. The summed E-state index contributed by atoms with van der Waals surface area (Å²) in [6.45, 7) is 7.53. The van der Waals surface area contributed by atoms with Crippen molar-refractivity contribution in [3.05, 3.63) is 325 Å². The van der Waals surface area contributed by atoms with E-state index in [1.165, 1.54) is 21.6 Å². The van der Waals surface area contributed by atoms with E-state index in [4.69, 9.17) is 13.3 Å². The van der Waals surface area contributed by atoms with Crippen molar-refractivity contribution in [3.63, 3.8) is 0 Å². The molecule has 1 unspecified atom stereocenters. The fraction of sp³-hybridized carbons (Fsp3) is 0.0667. The minimum Gasteiger partial charge on any atom is -0.455 e. The molecule has 6 nitrogen and oxygen atoms in total. The van der Waals surface area contributed by atoms with Crippen molar-refractivity contribution in [1.29, 1.82) is 0 Å². The smallest absolute Gasteiger partial charge is 0.159 e. The highest BCUT2D eigenvalue weighted by atomic mass is 16.3. The average Bonchev–Trinajstić information content (AvgIpc) is 1.40. The van der Waals surface area contributed by atoms with Gasteiger partial charge in [0.05, 0.1) is 23.1 Å². The van der Waals surface area contributed by atoms with Crippen LogP contribution in [0.1, 0.15) is 31.9 Å². The molecule has 3 aromatic heterocycles. The van der Waals surface area contributed by atoms with Gasteiger partial charge in [-0.2, -0.15) is 0 Å². The van der Waals surface area contributed by atoms with E-state index < -0.39 is 0 Å². The summed E-state index contributed by atoms with van der Waals surface area (Å²) in [6.07, 6.45) is 18.2. The van der Waals surface area contributed by atoms with Crippen LogP contribution < -0.4 is 25.1 Å². The molecular formula is C90H63N3O3. The second kappa shape index (κ2) is 21.7. The van der Waals surface area contributed by atoms with Gasteiger partial charge in [-0.15, -0.1) is 0 Å². The van der Waals surface area contributed by atoms with Crippen LogP contribution in [0.25, 0.3) is 138 Å². The zero-order chi connectivity index (χ0) is 63.8. The lowest BCUT2D eigenvalue weighted by Gasteiger charge is -2.34. The summed E-state index contributed by atoms with van der Waals surface area (Å²) in [5, 5.41) is 12.8. The first-order valence-corrected chi connectivity index (χ1v) is 33.2. The van der Waals surface area contributed by atoms with Gasteiger partial charge in [0.25, 0.3) is 0 Å². The van der Waals surface area contributed by atoms with Crippen LogP contribution in [0.15, 0.2) is 317 Å². The number of allylic oxidation sites excluding steroid dienone is 4. The summed E-state index contributed by atoms with van der Waals surface area (Å²) < 4.78 is 22.4. The maximum Gasteiger partial charge on any atom is 0.159 e. The molecule has 0 saturated carbocycles. The molecule has 0 bridgehead atoms. The van der Waals surface area contributed by atoms with E-state index in [-0.39, 0.29) is 11.5 Å². The molecule has 0 saturated heterocycles. The molecule has 456 valence electrons. The average molecular weight is 1230 g/mol. The second-order valence-electron chi connectivity index (χ2n) is 26.7. The zero-order valence-electron chi connectivity index (χ0n) is 53.3. The first-order chi connectivity index (χ1) is 47.2. The van der Waals surface area contributed by atoms with Crippen LogP contribution in [0.3, 0.4) is 0 Å². The van der Waals surface area contributed by atoms with Crippen molar-refractivity contribution in [3.8, 4) is 33.4 Å². The third kappa shape index (κ3) is 8.86. The van der Waals surface area contributed by atoms with Crippen molar-refractivity contribution >= 4 is 133 Å². The molecule has 6 heteroatoms. The van der Waals surface area contributed by atoms with Gasteiger partial charge in [-0.3, -0.25) is 0 Å². The number of hydrogen-bond donors (Lipinski definition) is 0. The van der Waals surface area contributed by atoms with Crippen molar-refractivity contribution < 1.29 is 13.3 Å². The Balaban J connectivity index is 0.955. The highest BCUT2D eigenvalue weighted by Gasteiger charge is 2.31. The predicted molar refractivity (Wildman–Crippen MR) is 402 cm³/mol. The Labute approximate surface area is 555 Å². The molecule has 5 heterocycles. The van der Waals surface area contributed by atoms with Gasteiger partial charge >= 0.3 is 0 Å². The van der Waals surface area contributed by atoms with Crippen molar-refractivity contribution in [1.82, 2.24) is 0 Å². The monoisotopic (exact) mass is 1230 g/mol. The van der Waals surface area contributed by atoms with Gasteiger partial charge in [0.15, 0.2) is 11.2 Å². The summed E-state index contributed by atoms with van der Waals surface area (Å²) in [5.74, 6) is 0. The lowest BCUT2D eigenvalue weighted by molar-refractivity contribution is 0.589. The van der Waals surface area contributed by atoms with Crippen LogP contribution in [0.5, 0.6) is 0 Å². The highest BCUT2D eigenvalue weighted by molar-refractivity contribution is 6.38. The van der Waals surface area contributed by atoms with Gasteiger partial charge in [0.2, 0.25) is 0 Å². The third-order valence-corrected chi connectivity index (χ3v) is 20.0. The molecule has 16 aromatic rings. The lowest BCUT2D eigenvalue weighted by atomic mass is 9.85. The van der Waals surface area contributed by atoms with Crippen LogP contribution in [-0.4, -0.2) is 12.6 Å². The summed E-state index contributed by atoms with van der Waals surface area (Å²) in [7, 11) is 0. The van der Waals surface area contributed by atoms with Gasteiger partial charge in [0, 0.05) is 84.9 Å². The number of benzene rings is 13. The maximum absolute atomic E-state index is 7.80. The SMILES string of the molecule is CC(C)(C)c1ccc2c(c1)=CN(c1ccc3oc4c(c(-c5cccc(-c6ccccc6)c5)cc5c(-c6ccccc6)cc6c(N7C=C(c8ccccc8)C=CC7)cc7oc8c(N(c9ccccc9)c9cccc%10c9oc9ccccc9%10)cccc8c7c6c54)c3c1)C1C=CC=CC=21. The standard InChI is InChI=1S/C90H63N3O3/c1-90(2,3)63-43-45-66-62(49-63)55-92(76-39-18-16-35-67(66)76)65-44-46-81-75(50-65)83-72(60-31-20-30-59(48-60)56-24-8-4-9-25-56)52-73-71(58-28-12-6-13-29-58)51-74-79(91-47-23-32-61(54-91)57-26-10-5-11-27-57)53-82-84(85(74)86(73)89(83)95-81)70-38-22-41-78(88(70)96-82)93(64-33-14-7-15-34-64)77-40-21-37-69-68-36-17-19-42-80(68)94-87(69)77/h4-46,48-55,76H,47H2,1-3H3. The Kier molecular flexibility index (Phi) is 12.6. The van der Waals surface area contributed by atoms with Crippen molar-refractivity contribution in [2.45, 2.75) is 32.2 Å². The molecule has 96 heavy (non-hydrogen) atoms. The minimum absolute atomic E-state index is 0.0182. The lowest BCUT2D eigenvalue weighted by Crippen LogP contribution is -2.45. The van der Waals surface area contributed by atoms with Crippen LogP contribution in [0, 0.1) is 0 Å². The fourth-order valence-corrected chi connectivity index (χ4v) is 15.4. The Morgan fingerprint density at radius 2 is 1.06 bits per heavy atom. The van der Waals surface area contributed by atoms with Crippen LogP contribution in [0.2, 0.25) is 0 Å². The van der Waals surface area contributed by atoms with E-state index in [1.807, 2.05) is 6.07 Å². The number of hydrogen-bond acceptors (Lipinski definition) is 6. The topological polar surface area (TPSA) is 49.1 Å². The molecule has 3 aliphatic rings. The Morgan fingerprint density at radius 3 is 1.85 bits per heavy atom. The molecule has 0 radical (unpaired) electrons. The van der Waals surface area contributed by atoms with E-state index in [9.17, 15) is 0 Å². The fourth-order valence-electron chi connectivity index (χ4n) is 15.4. The molecule has 13 aromatic carbocycles. The molecule has 2 aliphatic heterocycles. The summed E-state index contributed by atoms with van der Waals surface area (Å²) in [6, 6.07) is 94.4. The van der Waals surface area contributed by atoms with E-state index in [1.54, 1.807) is 0 Å². The normalized spacial score (nSPS) is 14.6. The van der Waals surface area contributed by atoms with E-state index in [0.717, 1.165) is 160 Å². The first kappa shape index (κ1) is 55.5. The molecule has 0 fully saturated rings. The molecule has 1 atom stereocenters. The number of nitrogens with zero attached hydrogens (tertiary/aromatic N) is 3. The molecule has 0 N–H and O–H groups in total. The second-order valence-corrected chi connectivity index (χ2v) is 26.7. The number of para-hydroxylation sites is 4. The number of anilines is 5. The molecule has 0 spiro atoms. The Morgan fingerprint density at radius 1 is 0.417 bits per heavy atom. The molecule has 1 aliphatic carbocycles. The molecular weight excluding hydrogens is 1170 g/mol. The number of rotatable bonds is 9. The van der Waals surface area contributed by atoms with Crippen molar-refractivity contribution in [2.24, 2.45) is 0 Å². The maximum atomic E-state index is 7.80. The quantitative estimate of drug-likeness (QED) is 0.134. The van der Waals surface area contributed by atoms with Crippen LogP contribution in [-0.2, 0) is 5.41 Å². The summed E-state index contributed by atoms with van der Waals surface area (Å²) in [5.41, 5.74) is 21.1. The summed E-state index contributed by atoms with van der Waals surface area (Å²) >= 11 is 0. The van der Waals surface area contributed by atoms with Gasteiger partial charge < -0.3 is 28.0 Å². The largest absolute Gasteiger partial charge is 0.455 e. The number of fused-ring (bicyclic) bond motifs is 16. The Hall–Kier alpha value is -12.1. The van der Waals surface area contributed by atoms with E-state index >= 15 is 0 Å². The number of furan rings is 3. The van der Waals surface area contributed by atoms with E-state index in [2.05, 4.69) is 339 Å². The van der Waals surface area contributed by atoms with Crippen LogP contribution in [0.4, 0.5) is 28.4 Å². The Bertz CT molecular complexity index is 6160. The third-order valence-electron chi connectivity index (χ3n) is 20.0. The van der Waals surface area contributed by atoms with E-state index in [0.29, 0.717) is 6.54 Å². The van der Waals surface area contributed by atoms with Crippen molar-refractivity contribution in [2.75, 3.05) is 21.2 Å². The highest BCUT2D eigenvalue weighted by Crippen LogP contribution is 2.54. The van der Waals surface area contributed by atoms with Crippen LogP contribution >= 0.6 is 0 Å². The van der Waals surface area contributed by atoms with Gasteiger partial charge in [-0.1, -0.05) is 239 Å². The van der Waals surface area contributed by atoms with Gasteiger partial charge in [-0.05, 0) is 150 Å². The zero-order valence-corrected chi connectivity index (χ0v) is 53.3. The molecule has 19 rings (SSSR count). The van der Waals surface area contributed by atoms with Gasteiger partial charge in [-0.25, -0.2) is 0 Å². The van der Waals surface area contributed by atoms with Gasteiger partial charge in [0.1, 0.15) is 22.3 Å². The predicted octanol–water partition coefficient (Wildman–Crippen LogP) is 22.8. The molecule has 0 amide bonds. The first-order valence-electron chi connectivity index (χ1n) is 33.2.